The van der Waals surface area contributed by atoms with Crippen LogP contribution in [0.2, 0.25) is 5.02 Å². The molecule has 0 aliphatic rings. The summed E-state index contributed by atoms with van der Waals surface area (Å²) in [4.78, 5) is 26.6. The van der Waals surface area contributed by atoms with E-state index in [1.807, 2.05) is 5.32 Å². The van der Waals surface area contributed by atoms with Crippen molar-refractivity contribution < 1.29 is 31.5 Å². The van der Waals surface area contributed by atoms with Crippen LogP contribution in [0.15, 0.2) is 24.4 Å². The van der Waals surface area contributed by atoms with Gasteiger partial charge < -0.3 is 10.6 Å². The van der Waals surface area contributed by atoms with Gasteiger partial charge in [0.15, 0.2) is 5.82 Å². The van der Waals surface area contributed by atoms with Crippen molar-refractivity contribution in [2.75, 3.05) is 10.6 Å². The van der Waals surface area contributed by atoms with Gasteiger partial charge in [0.1, 0.15) is 17.2 Å². The molecule has 0 atom stereocenters. The molecule has 0 fully saturated rings. The second-order valence-corrected chi connectivity index (χ2v) is 5.40. The van der Waals surface area contributed by atoms with E-state index in [4.69, 9.17) is 11.6 Å². The molecule has 0 bridgehead atoms. The zero-order valence-corrected chi connectivity index (χ0v) is 13.6. The number of anilines is 2. The highest BCUT2D eigenvalue weighted by atomic mass is 35.5. The van der Waals surface area contributed by atoms with Crippen molar-refractivity contribution >= 4 is 34.8 Å². The van der Waals surface area contributed by atoms with E-state index in [2.05, 4.69) is 10.3 Å². The van der Waals surface area contributed by atoms with Crippen LogP contribution in [0, 0.1) is 11.6 Å². The molecule has 0 aliphatic carbocycles. The Bertz CT molecular complexity index is 886. The molecule has 138 valence electrons. The largest absolute Gasteiger partial charge is 0.417 e. The number of rotatable bonds is 3. The van der Waals surface area contributed by atoms with Crippen LogP contribution >= 0.6 is 11.6 Å². The summed E-state index contributed by atoms with van der Waals surface area (Å²) >= 11 is 5.64. The molecule has 0 saturated heterocycles. The van der Waals surface area contributed by atoms with Gasteiger partial charge in [0, 0.05) is 19.2 Å². The minimum absolute atomic E-state index is 0.383. The molecule has 1 aromatic carbocycles. The predicted molar refractivity (Wildman–Crippen MR) is 82.9 cm³/mol. The third-order valence-electron chi connectivity index (χ3n) is 2.99. The molecule has 26 heavy (non-hydrogen) atoms. The monoisotopic (exact) mass is 393 g/mol. The Morgan fingerprint density at radius 2 is 1.77 bits per heavy atom. The third-order valence-corrected chi connectivity index (χ3v) is 3.28. The number of alkyl halides is 3. The van der Waals surface area contributed by atoms with E-state index in [1.54, 1.807) is 0 Å². The summed E-state index contributed by atoms with van der Waals surface area (Å²) in [7, 11) is 0. The maximum absolute atomic E-state index is 14.0. The average Bonchev–Trinajstić information content (AvgIpc) is 2.48. The van der Waals surface area contributed by atoms with Crippen molar-refractivity contribution in [2.45, 2.75) is 13.1 Å². The zero-order chi connectivity index (χ0) is 19.6. The number of nitrogens with zero attached hydrogens (tertiary/aromatic N) is 1. The number of hydrogen-bond acceptors (Lipinski definition) is 3. The molecule has 1 aromatic heterocycles. The topological polar surface area (TPSA) is 71.1 Å². The van der Waals surface area contributed by atoms with E-state index < -0.39 is 51.6 Å². The maximum atomic E-state index is 14.0. The molecule has 5 nitrogen and oxygen atoms in total. The molecule has 2 N–H and O–H groups in total. The van der Waals surface area contributed by atoms with E-state index in [-0.39, 0.29) is 5.69 Å². The molecular formula is C15H9ClF5N3O2. The summed E-state index contributed by atoms with van der Waals surface area (Å²) in [6.45, 7) is 1.07. The van der Waals surface area contributed by atoms with Crippen molar-refractivity contribution in [2.24, 2.45) is 0 Å². The van der Waals surface area contributed by atoms with E-state index in [0.29, 0.717) is 18.3 Å². The van der Waals surface area contributed by atoms with Crippen LogP contribution in [0.3, 0.4) is 0 Å². The van der Waals surface area contributed by atoms with E-state index in [1.165, 1.54) is 0 Å². The average molecular weight is 394 g/mol. The number of hydrogen-bond donors (Lipinski definition) is 2. The van der Waals surface area contributed by atoms with Crippen LogP contribution in [0.4, 0.5) is 33.3 Å². The Morgan fingerprint density at radius 1 is 1.12 bits per heavy atom. The normalized spacial score (nSPS) is 11.2. The number of amides is 2. The Kier molecular flexibility index (Phi) is 5.45. The number of carbonyl (C=O) groups excluding carboxylic acids is 2. The quantitative estimate of drug-likeness (QED) is 0.766. The molecule has 0 radical (unpaired) electrons. The fourth-order valence-corrected chi connectivity index (χ4v) is 2.17. The van der Waals surface area contributed by atoms with Gasteiger partial charge in [0.2, 0.25) is 5.91 Å². The summed E-state index contributed by atoms with van der Waals surface area (Å²) in [5, 5.41) is 3.50. The van der Waals surface area contributed by atoms with Crippen molar-refractivity contribution in [3.8, 4) is 0 Å². The van der Waals surface area contributed by atoms with Crippen molar-refractivity contribution in [3.63, 3.8) is 0 Å². The van der Waals surface area contributed by atoms with Gasteiger partial charge in [0.25, 0.3) is 5.91 Å². The molecule has 2 amide bonds. The van der Waals surface area contributed by atoms with Gasteiger partial charge in [-0.05, 0) is 12.1 Å². The lowest BCUT2D eigenvalue weighted by Crippen LogP contribution is -2.19. The number of benzene rings is 1. The minimum atomic E-state index is -4.71. The molecule has 0 aliphatic heterocycles. The zero-order valence-electron chi connectivity index (χ0n) is 12.8. The SMILES string of the molecule is CC(=O)Nc1cc(F)cc(F)c1NC(=O)c1ncc(C(F)(F)F)cc1Cl. The van der Waals surface area contributed by atoms with Gasteiger partial charge in [-0.15, -0.1) is 0 Å². The fourth-order valence-electron chi connectivity index (χ4n) is 1.92. The van der Waals surface area contributed by atoms with Crippen LogP contribution in [0.5, 0.6) is 0 Å². The van der Waals surface area contributed by atoms with Crippen LogP contribution in [-0.2, 0) is 11.0 Å². The summed E-state index contributed by atoms with van der Waals surface area (Å²) in [6.07, 6.45) is -4.33. The number of carbonyl (C=O) groups is 2. The third kappa shape index (κ3) is 4.45. The first-order valence-corrected chi connectivity index (χ1v) is 7.17. The van der Waals surface area contributed by atoms with Gasteiger partial charge in [-0.1, -0.05) is 11.6 Å². The van der Waals surface area contributed by atoms with Crippen LogP contribution < -0.4 is 10.6 Å². The minimum Gasteiger partial charge on any atom is -0.324 e. The maximum Gasteiger partial charge on any atom is 0.417 e. The van der Waals surface area contributed by atoms with Gasteiger partial charge in [-0.25, -0.2) is 13.8 Å². The van der Waals surface area contributed by atoms with Crippen LogP contribution in [0.25, 0.3) is 0 Å². The van der Waals surface area contributed by atoms with Crippen molar-refractivity contribution in [1.82, 2.24) is 4.98 Å². The van der Waals surface area contributed by atoms with Gasteiger partial charge in [-0.3, -0.25) is 9.59 Å². The summed E-state index contributed by atoms with van der Waals surface area (Å²) in [5.41, 5.74) is -2.76. The Morgan fingerprint density at radius 3 is 2.31 bits per heavy atom. The molecule has 2 aromatic rings. The van der Waals surface area contributed by atoms with Crippen molar-refractivity contribution in [3.05, 3.63) is 52.3 Å². The number of aromatic nitrogens is 1. The lowest BCUT2D eigenvalue weighted by atomic mass is 10.2. The van der Waals surface area contributed by atoms with Crippen molar-refractivity contribution in [1.29, 1.82) is 0 Å². The smallest absolute Gasteiger partial charge is 0.324 e. The Labute approximate surface area is 148 Å². The Balaban J connectivity index is 2.37. The highest BCUT2D eigenvalue weighted by Gasteiger charge is 2.32. The molecule has 11 heteroatoms. The lowest BCUT2D eigenvalue weighted by molar-refractivity contribution is -0.137. The first kappa shape index (κ1) is 19.6. The van der Waals surface area contributed by atoms with Gasteiger partial charge in [-0.2, -0.15) is 13.2 Å². The van der Waals surface area contributed by atoms with Gasteiger partial charge >= 0.3 is 6.18 Å². The summed E-state index contributed by atoms with van der Waals surface area (Å²) < 4.78 is 65.0. The Hall–Kier alpha value is -2.75. The van der Waals surface area contributed by atoms with Crippen LogP contribution in [-0.4, -0.2) is 16.8 Å². The second kappa shape index (κ2) is 7.24. The lowest BCUT2D eigenvalue weighted by Gasteiger charge is -2.13. The number of halogens is 6. The van der Waals surface area contributed by atoms with Crippen LogP contribution in [0.1, 0.15) is 23.0 Å². The second-order valence-electron chi connectivity index (χ2n) is 5.00. The summed E-state index contributed by atoms with van der Waals surface area (Å²) in [6, 6.07) is 1.68. The standard InChI is InChI=1S/C15H9ClF5N3O2/c1-6(25)23-11-4-8(17)3-10(18)13(11)24-14(26)12-9(16)2-7(5-22-12)15(19,20)21/h2-5H,1H3,(H,23,25)(H,24,26). The molecule has 2 rings (SSSR count). The van der Waals surface area contributed by atoms with E-state index in [0.717, 1.165) is 13.0 Å². The molecule has 0 saturated carbocycles. The first-order chi connectivity index (χ1) is 12.0. The summed E-state index contributed by atoms with van der Waals surface area (Å²) in [5.74, 6) is -4.06. The molecule has 0 spiro atoms. The highest BCUT2D eigenvalue weighted by molar-refractivity contribution is 6.34. The van der Waals surface area contributed by atoms with E-state index >= 15 is 0 Å². The highest BCUT2D eigenvalue weighted by Crippen LogP contribution is 2.32. The molecule has 0 unspecified atom stereocenters. The molecular weight excluding hydrogens is 385 g/mol. The molecule has 1 heterocycles. The predicted octanol–water partition coefficient (Wildman–Crippen LogP) is 4.24. The first-order valence-electron chi connectivity index (χ1n) is 6.79. The van der Waals surface area contributed by atoms with E-state index in [9.17, 15) is 31.5 Å². The van der Waals surface area contributed by atoms with Gasteiger partial charge in [0.05, 0.1) is 16.3 Å². The number of nitrogens with one attached hydrogen (secondary N) is 2. The fraction of sp³-hybridized carbons (Fsp3) is 0.133. The number of pyridine rings is 1.